The Morgan fingerprint density at radius 3 is 2.46 bits per heavy atom. The van der Waals surface area contributed by atoms with Crippen molar-refractivity contribution in [3.8, 4) is 6.07 Å². The first-order valence-corrected chi connectivity index (χ1v) is 4.90. The summed E-state index contributed by atoms with van der Waals surface area (Å²) >= 11 is 0. The van der Waals surface area contributed by atoms with Crippen molar-refractivity contribution in [2.45, 2.75) is 45.6 Å². The smallest absolute Gasteiger partial charge is 0.107 e. The molecule has 0 aromatic heterocycles. The predicted molar refractivity (Wildman–Crippen MR) is 56.4 cm³/mol. The van der Waals surface area contributed by atoms with E-state index in [1.54, 1.807) is 0 Å². The number of nitriles is 1. The minimum absolute atomic E-state index is 0.406. The van der Waals surface area contributed by atoms with E-state index in [9.17, 15) is 0 Å². The molecule has 0 rings (SSSR count). The molecule has 1 atom stereocenters. The number of nitrogens with zero attached hydrogens (tertiary/aromatic N) is 1. The van der Waals surface area contributed by atoms with Crippen LogP contribution in [0.4, 0.5) is 0 Å². The van der Waals surface area contributed by atoms with Gasteiger partial charge in [0.15, 0.2) is 0 Å². The van der Waals surface area contributed by atoms with E-state index in [0.29, 0.717) is 0 Å². The van der Waals surface area contributed by atoms with Crippen LogP contribution in [0.1, 0.15) is 40.0 Å². The topological polar surface area (TPSA) is 35.8 Å². The summed E-state index contributed by atoms with van der Waals surface area (Å²) in [4.78, 5) is 0. The van der Waals surface area contributed by atoms with E-state index in [4.69, 9.17) is 5.26 Å². The molecule has 0 fully saturated rings. The molecular formula is C11H20N2. The lowest BCUT2D eigenvalue weighted by Crippen LogP contribution is -2.38. The summed E-state index contributed by atoms with van der Waals surface area (Å²) < 4.78 is 0. The van der Waals surface area contributed by atoms with Crippen LogP contribution in [0.15, 0.2) is 11.6 Å². The summed E-state index contributed by atoms with van der Waals surface area (Å²) in [6.07, 6.45) is 5.12. The Labute approximate surface area is 81.6 Å². The van der Waals surface area contributed by atoms with Crippen LogP contribution in [-0.2, 0) is 0 Å². The molecule has 0 aromatic carbocycles. The standard InChI is InChI=1S/C11H20N2/c1-5-7-10(6-2)8-11(3,9-12)13-4/h7,13H,5-6,8H2,1-4H3/b10-7+. The van der Waals surface area contributed by atoms with Gasteiger partial charge in [0.1, 0.15) is 5.54 Å². The van der Waals surface area contributed by atoms with Crippen molar-refractivity contribution in [3.05, 3.63) is 11.6 Å². The van der Waals surface area contributed by atoms with E-state index in [1.165, 1.54) is 5.57 Å². The molecule has 0 aliphatic carbocycles. The molecule has 0 amide bonds. The molecule has 0 bridgehead atoms. The summed E-state index contributed by atoms with van der Waals surface area (Å²) in [7, 11) is 1.84. The van der Waals surface area contributed by atoms with Crippen molar-refractivity contribution < 1.29 is 0 Å². The fourth-order valence-electron chi connectivity index (χ4n) is 1.27. The Bertz CT molecular complexity index is 213. The first-order valence-electron chi connectivity index (χ1n) is 4.90. The van der Waals surface area contributed by atoms with Crippen LogP contribution in [0.2, 0.25) is 0 Å². The van der Waals surface area contributed by atoms with Gasteiger partial charge in [0, 0.05) is 0 Å². The van der Waals surface area contributed by atoms with Crippen molar-refractivity contribution >= 4 is 0 Å². The predicted octanol–water partition coefficient (Wildman–Crippen LogP) is 2.62. The maximum absolute atomic E-state index is 8.96. The zero-order chi connectivity index (χ0) is 10.3. The minimum atomic E-state index is -0.406. The number of allylic oxidation sites excluding steroid dienone is 1. The highest BCUT2D eigenvalue weighted by molar-refractivity contribution is 5.14. The lowest BCUT2D eigenvalue weighted by Gasteiger charge is -2.21. The Morgan fingerprint density at radius 1 is 1.54 bits per heavy atom. The van der Waals surface area contributed by atoms with Gasteiger partial charge < -0.3 is 5.32 Å². The van der Waals surface area contributed by atoms with Gasteiger partial charge in [-0.25, -0.2) is 0 Å². The van der Waals surface area contributed by atoms with Crippen molar-refractivity contribution in [1.29, 1.82) is 5.26 Å². The third-order valence-electron chi connectivity index (χ3n) is 2.33. The molecule has 1 unspecified atom stereocenters. The molecule has 0 aromatic rings. The second-order valence-corrected chi connectivity index (χ2v) is 3.49. The molecule has 0 aliphatic heterocycles. The Kier molecular flexibility index (Phi) is 5.41. The van der Waals surface area contributed by atoms with Gasteiger partial charge in [-0.3, -0.25) is 0 Å². The molecule has 74 valence electrons. The SMILES string of the molecule is CC/C=C(\CC)CC(C)(C#N)NC. The average Bonchev–Trinajstić information content (AvgIpc) is 2.17. The van der Waals surface area contributed by atoms with E-state index in [2.05, 4.69) is 31.3 Å². The Hall–Kier alpha value is -0.810. The molecule has 13 heavy (non-hydrogen) atoms. The number of rotatable bonds is 5. The Balaban J connectivity index is 4.39. The molecule has 1 N–H and O–H groups in total. The molecular weight excluding hydrogens is 160 g/mol. The first kappa shape index (κ1) is 12.2. The molecule has 2 heteroatoms. The normalized spacial score (nSPS) is 16.4. The van der Waals surface area contributed by atoms with Crippen molar-refractivity contribution in [2.75, 3.05) is 7.05 Å². The van der Waals surface area contributed by atoms with Crippen LogP contribution in [0.3, 0.4) is 0 Å². The number of hydrogen-bond donors (Lipinski definition) is 1. The van der Waals surface area contributed by atoms with Gasteiger partial charge in [-0.05, 0) is 33.2 Å². The van der Waals surface area contributed by atoms with Crippen LogP contribution < -0.4 is 5.32 Å². The van der Waals surface area contributed by atoms with E-state index in [-0.39, 0.29) is 0 Å². The van der Waals surface area contributed by atoms with Gasteiger partial charge in [0.05, 0.1) is 6.07 Å². The lowest BCUT2D eigenvalue weighted by atomic mass is 9.92. The fraction of sp³-hybridized carbons (Fsp3) is 0.727. The quantitative estimate of drug-likeness (QED) is 0.660. The van der Waals surface area contributed by atoms with Crippen molar-refractivity contribution in [1.82, 2.24) is 5.32 Å². The Morgan fingerprint density at radius 2 is 2.15 bits per heavy atom. The third kappa shape index (κ3) is 4.10. The highest BCUT2D eigenvalue weighted by Crippen LogP contribution is 2.18. The van der Waals surface area contributed by atoms with Gasteiger partial charge in [0.2, 0.25) is 0 Å². The van der Waals surface area contributed by atoms with E-state index >= 15 is 0 Å². The average molecular weight is 180 g/mol. The summed E-state index contributed by atoms with van der Waals surface area (Å²) in [6.45, 7) is 6.19. The molecule has 0 radical (unpaired) electrons. The van der Waals surface area contributed by atoms with E-state index in [0.717, 1.165) is 19.3 Å². The molecule has 0 spiro atoms. The lowest BCUT2D eigenvalue weighted by molar-refractivity contribution is 0.481. The molecule has 0 saturated carbocycles. The van der Waals surface area contributed by atoms with Crippen LogP contribution >= 0.6 is 0 Å². The zero-order valence-electron chi connectivity index (χ0n) is 9.15. The second-order valence-electron chi connectivity index (χ2n) is 3.49. The monoisotopic (exact) mass is 180 g/mol. The van der Waals surface area contributed by atoms with Gasteiger partial charge in [0.25, 0.3) is 0 Å². The summed E-state index contributed by atoms with van der Waals surface area (Å²) in [5.41, 5.74) is 0.956. The fourth-order valence-corrected chi connectivity index (χ4v) is 1.27. The molecule has 0 saturated heterocycles. The summed E-state index contributed by atoms with van der Waals surface area (Å²) in [5.74, 6) is 0. The van der Waals surface area contributed by atoms with Crippen LogP contribution in [0.5, 0.6) is 0 Å². The highest BCUT2D eigenvalue weighted by atomic mass is 14.9. The van der Waals surface area contributed by atoms with Gasteiger partial charge in [-0.1, -0.05) is 25.5 Å². The third-order valence-corrected chi connectivity index (χ3v) is 2.33. The number of hydrogen-bond acceptors (Lipinski definition) is 2. The van der Waals surface area contributed by atoms with Gasteiger partial charge in [-0.2, -0.15) is 5.26 Å². The van der Waals surface area contributed by atoms with Gasteiger partial charge >= 0.3 is 0 Å². The molecule has 2 nitrogen and oxygen atoms in total. The minimum Gasteiger partial charge on any atom is -0.302 e. The summed E-state index contributed by atoms with van der Waals surface area (Å²) in [6, 6.07) is 2.30. The van der Waals surface area contributed by atoms with Crippen molar-refractivity contribution in [2.24, 2.45) is 0 Å². The van der Waals surface area contributed by atoms with E-state index < -0.39 is 5.54 Å². The maximum atomic E-state index is 8.96. The van der Waals surface area contributed by atoms with Gasteiger partial charge in [-0.15, -0.1) is 0 Å². The van der Waals surface area contributed by atoms with Crippen LogP contribution in [0.25, 0.3) is 0 Å². The van der Waals surface area contributed by atoms with Crippen LogP contribution in [0, 0.1) is 11.3 Å². The number of nitrogens with one attached hydrogen (secondary N) is 1. The van der Waals surface area contributed by atoms with Crippen LogP contribution in [-0.4, -0.2) is 12.6 Å². The zero-order valence-corrected chi connectivity index (χ0v) is 9.15. The van der Waals surface area contributed by atoms with Crippen molar-refractivity contribution in [3.63, 3.8) is 0 Å². The molecule has 0 aliphatic rings. The van der Waals surface area contributed by atoms with E-state index in [1.807, 2.05) is 14.0 Å². The highest BCUT2D eigenvalue weighted by Gasteiger charge is 2.21. The molecule has 0 heterocycles. The summed E-state index contributed by atoms with van der Waals surface area (Å²) in [5, 5.41) is 12.0. The first-order chi connectivity index (χ1) is 6.11. The second kappa shape index (κ2) is 5.77. The maximum Gasteiger partial charge on any atom is 0.107 e. The largest absolute Gasteiger partial charge is 0.302 e.